The summed E-state index contributed by atoms with van der Waals surface area (Å²) in [7, 11) is 0. The molecule has 0 unspecified atom stereocenters. The van der Waals surface area contributed by atoms with Crippen molar-refractivity contribution in [2.75, 3.05) is 0 Å². The number of benzene rings is 4. The number of rotatable bonds is 5. The molecule has 0 aliphatic carbocycles. The van der Waals surface area contributed by atoms with E-state index in [1.165, 1.54) is 10.8 Å². The molecule has 4 rings (SSSR count). The summed E-state index contributed by atoms with van der Waals surface area (Å²) in [6.45, 7) is 0. The topological polar surface area (TPSA) is 18.5 Å². The number of para-hydroxylation sites is 2. The van der Waals surface area contributed by atoms with Gasteiger partial charge in [-0.15, -0.1) is 0 Å². The zero-order valence-corrected chi connectivity index (χ0v) is 13.7. The predicted molar refractivity (Wildman–Crippen MR) is 101 cm³/mol. The predicted octanol–water partition coefficient (Wildman–Crippen LogP) is 6.00. The van der Waals surface area contributed by atoms with Crippen molar-refractivity contribution >= 4 is 10.8 Å². The standard InChI is InChI=1S/C23H18O2/c1-3-11-21(12-4-1)24-23(25-22-13-5-2-6-14-22)20-16-15-18-9-7-8-10-19(18)17-20/h1-17,23H. The monoisotopic (exact) mass is 326 g/mol. The summed E-state index contributed by atoms with van der Waals surface area (Å²) < 4.78 is 12.3. The minimum atomic E-state index is -0.519. The Balaban J connectivity index is 1.69. The van der Waals surface area contributed by atoms with E-state index in [-0.39, 0.29) is 0 Å². The van der Waals surface area contributed by atoms with Gasteiger partial charge in [0.15, 0.2) is 0 Å². The summed E-state index contributed by atoms with van der Waals surface area (Å²) in [5.74, 6) is 1.55. The third-order valence-corrected chi connectivity index (χ3v) is 4.02. The molecule has 0 heterocycles. The summed E-state index contributed by atoms with van der Waals surface area (Å²) in [5.41, 5.74) is 0.978. The van der Waals surface area contributed by atoms with Crippen molar-refractivity contribution in [3.63, 3.8) is 0 Å². The van der Waals surface area contributed by atoms with Crippen LogP contribution in [0.2, 0.25) is 0 Å². The van der Waals surface area contributed by atoms with Crippen LogP contribution >= 0.6 is 0 Å². The average Bonchev–Trinajstić information content (AvgIpc) is 2.69. The minimum Gasteiger partial charge on any atom is -0.451 e. The minimum absolute atomic E-state index is 0.519. The molecule has 4 aromatic rings. The highest BCUT2D eigenvalue weighted by Crippen LogP contribution is 2.28. The quantitative estimate of drug-likeness (QED) is 0.419. The molecule has 0 aliphatic heterocycles. The Kier molecular flexibility index (Phi) is 4.34. The molecule has 0 bridgehead atoms. The van der Waals surface area contributed by atoms with Crippen LogP contribution < -0.4 is 9.47 Å². The van der Waals surface area contributed by atoms with Crippen molar-refractivity contribution in [2.24, 2.45) is 0 Å². The lowest BCUT2D eigenvalue weighted by atomic mass is 10.1. The Bertz CT molecular complexity index is 908. The van der Waals surface area contributed by atoms with E-state index in [0.29, 0.717) is 0 Å². The van der Waals surface area contributed by atoms with E-state index in [9.17, 15) is 0 Å². The van der Waals surface area contributed by atoms with Gasteiger partial charge in [-0.3, -0.25) is 0 Å². The fraction of sp³-hybridized carbons (Fsp3) is 0.0435. The van der Waals surface area contributed by atoms with Crippen molar-refractivity contribution in [3.05, 3.63) is 109 Å². The van der Waals surface area contributed by atoms with E-state index in [1.807, 2.05) is 72.8 Å². The fourth-order valence-corrected chi connectivity index (χ4v) is 2.76. The second-order valence-corrected chi connectivity index (χ2v) is 5.80. The van der Waals surface area contributed by atoms with Crippen molar-refractivity contribution in [1.82, 2.24) is 0 Å². The van der Waals surface area contributed by atoms with E-state index in [1.54, 1.807) is 0 Å². The first-order chi connectivity index (χ1) is 12.4. The average molecular weight is 326 g/mol. The molecule has 0 saturated carbocycles. The highest BCUT2D eigenvalue weighted by Gasteiger charge is 2.16. The van der Waals surface area contributed by atoms with Crippen LogP contribution in [0.15, 0.2) is 103 Å². The lowest BCUT2D eigenvalue weighted by molar-refractivity contribution is 0.00392. The maximum absolute atomic E-state index is 6.13. The molecule has 0 amide bonds. The van der Waals surface area contributed by atoms with Gasteiger partial charge in [-0.05, 0) is 41.1 Å². The maximum Gasteiger partial charge on any atom is 0.267 e. The van der Waals surface area contributed by atoms with E-state index in [2.05, 4.69) is 30.3 Å². The number of fused-ring (bicyclic) bond motifs is 1. The molecule has 2 heteroatoms. The molecule has 0 aliphatic rings. The first kappa shape index (κ1) is 15.3. The normalized spacial score (nSPS) is 10.8. The van der Waals surface area contributed by atoms with Gasteiger partial charge in [0.2, 0.25) is 0 Å². The molecule has 122 valence electrons. The van der Waals surface area contributed by atoms with Crippen LogP contribution in [-0.2, 0) is 0 Å². The molecule has 0 N–H and O–H groups in total. The largest absolute Gasteiger partial charge is 0.451 e. The molecule has 2 nitrogen and oxygen atoms in total. The Morgan fingerprint density at radius 1 is 0.480 bits per heavy atom. The van der Waals surface area contributed by atoms with E-state index < -0.39 is 6.29 Å². The van der Waals surface area contributed by atoms with E-state index in [0.717, 1.165) is 17.1 Å². The Morgan fingerprint density at radius 3 is 1.60 bits per heavy atom. The van der Waals surface area contributed by atoms with E-state index in [4.69, 9.17) is 9.47 Å². The van der Waals surface area contributed by atoms with Gasteiger partial charge in [-0.2, -0.15) is 0 Å². The van der Waals surface area contributed by atoms with Crippen LogP contribution in [0.25, 0.3) is 10.8 Å². The van der Waals surface area contributed by atoms with Gasteiger partial charge >= 0.3 is 0 Å². The van der Waals surface area contributed by atoms with E-state index >= 15 is 0 Å². The summed E-state index contributed by atoms with van der Waals surface area (Å²) in [4.78, 5) is 0. The van der Waals surface area contributed by atoms with Gasteiger partial charge in [0, 0.05) is 5.56 Å². The van der Waals surface area contributed by atoms with Gasteiger partial charge in [-0.25, -0.2) is 0 Å². The fourth-order valence-electron chi connectivity index (χ4n) is 2.76. The lowest BCUT2D eigenvalue weighted by Crippen LogP contribution is -2.15. The molecule has 0 spiro atoms. The van der Waals surface area contributed by atoms with Crippen molar-refractivity contribution in [2.45, 2.75) is 6.29 Å². The SMILES string of the molecule is c1ccc(OC(Oc2ccccc2)c2ccc3ccccc3c2)cc1. The molecular formula is C23H18O2. The molecular weight excluding hydrogens is 308 g/mol. The second kappa shape index (κ2) is 7.10. The second-order valence-electron chi connectivity index (χ2n) is 5.80. The van der Waals surface area contributed by atoms with Crippen LogP contribution in [-0.4, -0.2) is 0 Å². The molecule has 0 radical (unpaired) electrons. The zero-order valence-electron chi connectivity index (χ0n) is 13.7. The van der Waals surface area contributed by atoms with Crippen LogP contribution in [0.4, 0.5) is 0 Å². The number of ether oxygens (including phenoxy) is 2. The first-order valence-electron chi connectivity index (χ1n) is 8.31. The molecule has 0 saturated heterocycles. The highest BCUT2D eigenvalue weighted by molar-refractivity contribution is 5.83. The first-order valence-corrected chi connectivity index (χ1v) is 8.31. The van der Waals surface area contributed by atoms with Crippen molar-refractivity contribution in [3.8, 4) is 11.5 Å². The Labute approximate surface area is 147 Å². The molecule has 0 atom stereocenters. The van der Waals surface area contributed by atoms with Gasteiger partial charge < -0.3 is 9.47 Å². The lowest BCUT2D eigenvalue weighted by Gasteiger charge is -2.21. The number of hydrogen-bond donors (Lipinski definition) is 0. The van der Waals surface area contributed by atoms with Crippen LogP contribution in [0, 0.1) is 0 Å². The van der Waals surface area contributed by atoms with Crippen molar-refractivity contribution in [1.29, 1.82) is 0 Å². The Morgan fingerprint density at radius 2 is 1.00 bits per heavy atom. The molecule has 25 heavy (non-hydrogen) atoms. The molecule has 0 fully saturated rings. The number of hydrogen-bond acceptors (Lipinski definition) is 2. The highest BCUT2D eigenvalue weighted by atomic mass is 16.7. The van der Waals surface area contributed by atoms with Crippen molar-refractivity contribution < 1.29 is 9.47 Å². The summed E-state index contributed by atoms with van der Waals surface area (Å²) in [5, 5.41) is 2.36. The maximum atomic E-state index is 6.13. The Hall–Kier alpha value is -3.26. The van der Waals surface area contributed by atoms with Gasteiger partial charge in [-0.1, -0.05) is 72.8 Å². The zero-order chi connectivity index (χ0) is 16.9. The van der Waals surface area contributed by atoms with Gasteiger partial charge in [0.05, 0.1) is 0 Å². The molecule has 0 aromatic heterocycles. The third-order valence-electron chi connectivity index (χ3n) is 4.02. The third kappa shape index (κ3) is 3.64. The van der Waals surface area contributed by atoms with Crippen LogP contribution in [0.5, 0.6) is 11.5 Å². The summed E-state index contributed by atoms with van der Waals surface area (Å²) in [6.07, 6.45) is -0.519. The van der Waals surface area contributed by atoms with Gasteiger partial charge in [0.25, 0.3) is 6.29 Å². The smallest absolute Gasteiger partial charge is 0.267 e. The molecule has 4 aromatic carbocycles. The summed E-state index contributed by atoms with van der Waals surface area (Å²) in [6, 6.07) is 34.0. The van der Waals surface area contributed by atoms with Crippen LogP contribution in [0.3, 0.4) is 0 Å². The summed E-state index contributed by atoms with van der Waals surface area (Å²) >= 11 is 0. The van der Waals surface area contributed by atoms with Gasteiger partial charge in [0.1, 0.15) is 11.5 Å². The van der Waals surface area contributed by atoms with Crippen LogP contribution in [0.1, 0.15) is 11.9 Å².